The largest absolute Gasteiger partial charge is 0.491 e. The Balaban J connectivity index is 1.39. The number of likely N-dealkylation sites (tertiary alicyclic amines) is 1. The normalized spacial score (nSPS) is 16.8. The van der Waals surface area contributed by atoms with E-state index in [9.17, 15) is 18.8 Å². The molecule has 2 aromatic carbocycles. The van der Waals surface area contributed by atoms with Crippen molar-refractivity contribution in [3.8, 4) is 5.75 Å². The number of methoxy groups -OCH3 is 1. The summed E-state index contributed by atoms with van der Waals surface area (Å²) in [5, 5.41) is 6.41. The number of nitrogens with one attached hydrogen (secondary N) is 2. The number of anilines is 3. The van der Waals surface area contributed by atoms with Crippen LogP contribution in [-0.2, 0) is 19.1 Å². The molecule has 0 bridgehead atoms. The Morgan fingerprint density at radius 1 is 1.15 bits per heavy atom. The van der Waals surface area contributed by atoms with Gasteiger partial charge in [0.15, 0.2) is 0 Å². The molecule has 1 saturated heterocycles. The van der Waals surface area contributed by atoms with E-state index in [1.54, 1.807) is 12.1 Å². The van der Waals surface area contributed by atoms with Crippen molar-refractivity contribution >= 4 is 57.5 Å². The topological polar surface area (TPSA) is 123 Å². The number of benzene rings is 2. The van der Waals surface area contributed by atoms with Crippen LogP contribution in [0.3, 0.4) is 0 Å². The summed E-state index contributed by atoms with van der Waals surface area (Å²) in [4.78, 5) is 47.6. The van der Waals surface area contributed by atoms with Gasteiger partial charge < -0.3 is 25.0 Å². The lowest BCUT2D eigenvalue weighted by Gasteiger charge is -2.20. The van der Waals surface area contributed by atoms with Crippen molar-refractivity contribution < 1.29 is 28.2 Å². The van der Waals surface area contributed by atoms with Crippen LogP contribution in [0, 0.1) is 11.7 Å². The van der Waals surface area contributed by atoms with Crippen LogP contribution >= 0.6 is 11.6 Å². The maximum absolute atomic E-state index is 13.6. The minimum absolute atomic E-state index is 0.0414. The molecule has 10 nitrogen and oxygen atoms in total. The van der Waals surface area contributed by atoms with Crippen LogP contribution in [0.2, 0.25) is 5.02 Å². The monoisotopic (exact) mass is 567 g/mol. The predicted octanol–water partition coefficient (Wildman–Crippen LogP) is 4.61. The van der Waals surface area contributed by atoms with E-state index in [1.165, 1.54) is 36.5 Å². The first-order valence-corrected chi connectivity index (χ1v) is 13.2. The fourth-order valence-electron chi connectivity index (χ4n) is 4.43. The average molecular weight is 568 g/mol. The third-order valence-corrected chi connectivity index (χ3v) is 7.02. The molecule has 1 aliphatic heterocycles. The Morgan fingerprint density at radius 3 is 2.73 bits per heavy atom. The third kappa shape index (κ3) is 6.31. The van der Waals surface area contributed by atoms with Gasteiger partial charge in [-0.05, 0) is 55.9 Å². The van der Waals surface area contributed by atoms with Crippen LogP contribution < -0.4 is 15.4 Å². The van der Waals surface area contributed by atoms with E-state index in [-0.39, 0.29) is 5.02 Å². The summed E-state index contributed by atoms with van der Waals surface area (Å²) >= 11 is 5.92. The lowest BCUT2D eigenvalue weighted by Crippen LogP contribution is -2.40. The highest BCUT2D eigenvalue weighted by Gasteiger charge is 2.33. The number of hydrogen-bond acceptors (Lipinski definition) is 8. The maximum atomic E-state index is 13.6. The van der Waals surface area contributed by atoms with E-state index in [4.69, 9.17) is 21.1 Å². The summed E-state index contributed by atoms with van der Waals surface area (Å²) in [6.45, 7) is 0.903. The molecule has 5 rings (SSSR count). The number of aromatic nitrogens is 2. The van der Waals surface area contributed by atoms with Crippen LogP contribution in [-0.4, -0.2) is 59.0 Å². The number of esters is 1. The first-order chi connectivity index (χ1) is 19.3. The summed E-state index contributed by atoms with van der Waals surface area (Å²) in [7, 11) is 1.28. The van der Waals surface area contributed by atoms with E-state index < -0.39 is 29.6 Å². The molecule has 0 spiro atoms. The van der Waals surface area contributed by atoms with Crippen molar-refractivity contribution in [2.45, 2.75) is 31.7 Å². The van der Waals surface area contributed by atoms with Crippen molar-refractivity contribution in [2.75, 3.05) is 30.9 Å². The van der Waals surface area contributed by atoms with Gasteiger partial charge in [0.05, 0.1) is 29.9 Å². The number of nitrogens with zero attached hydrogens (tertiary/aromatic N) is 3. The van der Waals surface area contributed by atoms with Crippen molar-refractivity contribution in [3.05, 3.63) is 59.7 Å². The van der Waals surface area contributed by atoms with E-state index in [1.807, 2.05) is 0 Å². The standard InChI is InChI=1S/C28H27ClFN5O5/c1-39-28(38)23-3-2-10-35(23)26(37)9-8-25(36)34-22-12-18-21(13-24(22)40-14-16-4-5-16)31-15-32-27(18)33-17-6-7-20(30)19(29)11-17/h6-9,11-13,15-16,23H,2-5,10,14H2,1H3,(H,34,36)(H,31,32,33)/t23-/m0/s1. The minimum Gasteiger partial charge on any atom is -0.491 e. The number of carbonyl (C=O) groups is 3. The lowest BCUT2D eigenvalue weighted by molar-refractivity contribution is -0.149. The molecule has 2 fully saturated rings. The van der Waals surface area contributed by atoms with Gasteiger partial charge in [-0.15, -0.1) is 0 Å². The van der Waals surface area contributed by atoms with Gasteiger partial charge in [-0.2, -0.15) is 0 Å². The molecule has 208 valence electrons. The van der Waals surface area contributed by atoms with Gasteiger partial charge in [-0.1, -0.05) is 11.6 Å². The zero-order valence-electron chi connectivity index (χ0n) is 21.7. The second-order valence-electron chi connectivity index (χ2n) is 9.63. The Morgan fingerprint density at radius 2 is 1.98 bits per heavy atom. The van der Waals surface area contributed by atoms with E-state index in [0.29, 0.717) is 65.8 Å². The Labute approximate surface area is 234 Å². The Hall–Kier alpha value is -4.25. The molecule has 1 aliphatic carbocycles. The van der Waals surface area contributed by atoms with Crippen LogP contribution in [0.15, 0.2) is 48.8 Å². The third-order valence-electron chi connectivity index (χ3n) is 6.73. The van der Waals surface area contributed by atoms with Crippen molar-refractivity contribution in [2.24, 2.45) is 5.92 Å². The summed E-state index contributed by atoms with van der Waals surface area (Å²) in [5.74, 6) is -0.742. The summed E-state index contributed by atoms with van der Waals surface area (Å²) in [6.07, 6.45) is 6.99. The number of fused-ring (bicyclic) bond motifs is 1. The molecule has 1 saturated carbocycles. The molecular weight excluding hydrogens is 541 g/mol. The smallest absolute Gasteiger partial charge is 0.328 e. The highest BCUT2D eigenvalue weighted by Crippen LogP contribution is 2.36. The molecule has 1 aromatic heterocycles. The van der Waals surface area contributed by atoms with E-state index >= 15 is 0 Å². The van der Waals surface area contributed by atoms with Gasteiger partial charge in [0.1, 0.15) is 29.8 Å². The fourth-order valence-corrected chi connectivity index (χ4v) is 4.61. The molecule has 2 amide bonds. The molecule has 3 aromatic rings. The van der Waals surface area contributed by atoms with Crippen molar-refractivity contribution in [1.82, 2.24) is 14.9 Å². The van der Waals surface area contributed by atoms with Gasteiger partial charge in [0.25, 0.3) is 0 Å². The number of carbonyl (C=O) groups excluding carboxylic acids is 3. The SMILES string of the molecule is COC(=O)[C@@H]1CCCN1C(=O)C=CC(=O)Nc1cc2c(Nc3ccc(F)c(Cl)c3)ncnc2cc1OCC1CC1. The Kier molecular flexibility index (Phi) is 8.11. The molecule has 0 unspecified atom stereocenters. The van der Waals surface area contributed by atoms with Crippen LogP contribution in [0.5, 0.6) is 5.75 Å². The molecule has 2 N–H and O–H groups in total. The first kappa shape index (κ1) is 27.3. The molecular formula is C28H27ClFN5O5. The van der Waals surface area contributed by atoms with Gasteiger partial charge >= 0.3 is 5.97 Å². The Bertz CT molecular complexity index is 1500. The molecule has 0 radical (unpaired) electrons. The van der Waals surface area contributed by atoms with Crippen molar-refractivity contribution in [1.29, 1.82) is 0 Å². The number of rotatable bonds is 9. The fraction of sp³-hybridized carbons (Fsp3) is 0.321. The zero-order valence-corrected chi connectivity index (χ0v) is 22.4. The minimum atomic E-state index is -0.657. The quantitative estimate of drug-likeness (QED) is 0.284. The first-order valence-electron chi connectivity index (χ1n) is 12.8. The predicted molar refractivity (Wildman–Crippen MR) is 147 cm³/mol. The number of halogens is 2. The average Bonchev–Trinajstić information content (AvgIpc) is 3.65. The van der Waals surface area contributed by atoms with Gasteiger partial charge in [0.2, 0.25) is 11.8 Å². The van der Waals surface area contributed by atoms with E-state index in [0.717, 1.165) is 25.0 Å². The summed E-state index contributed by atoms with van der Waals surface area (Å²) < 4.78 is 24.4. The highest BCUT2D eigenvalue weighted by molar-refractivity contribution is 6.31. The zero-order chi connectivity index (χ0) is 28.2. The van der Waals surface area contributed by atoms with Crippen molar-refractivity contribution in [3.63, 3.8) is 0 Å². The second kappa shape index (κ2) is 11.9. The number of amides is 2. The van der Waals surface area contributed by atoms with E-state index in [2.05, 4.69) is 20.6 Å². The molecule has 2 aliphatic rings. The summed E-state index contributed by atoms with van der Waals surface area (Å²) in [6, 6.07) is 6.93. The maximum Gasteiger partial charge on any atom is 0.328 e. The van der Waals surface area contributed by atoms with Gasteiger partial charge in [-0.25, -0.2) is 19.2 Å². The number of hydrogen-bond donors (Lipinski definition) is 2. The van der Waals surface area contributed by atoms with Crippen LogP contribution in [0.4, 0.5) is 21.6 Å². The van der Waals surface area contributed by atoms with Crippen LogP contribution in [0.25, 0.3) is 10.9 Å². The molecule has 2 heterocycles. The van der Waals surface area contributed by atoms with Gasteiger partial charge in [0, 0.05) is 35.8 Å². The number of ether oxygens (including phenoxy) is 2. The second-order valence-corrected chi connectivity index (χ2v) is 10.0. The van der Waals surface area contributed by atoms with Gasteiger partial charge in [-0.3, -0.25) is 9.59 Å². The molecule has 1 atom stereocenters. The molecule has 40 heavy (non-hydrogen) atoms. The molecule has 12 heteroatoms. The van der Waals surface area contributed by atoms with Crippen LogP contribution in [0.1, 0.15) is 25.7 Å². The summed E-state index contributed by atoms with van der Waals surface area (Å²) in [5.41, 5.74) is 1.43. The highest BCUT2D eigenvalue weighted by atomic mass is 35.5. The lowest BCUT2D eigenvalue weighted by atomic mass is 10.1.